The normalized spacial score (nSPS) is 11.1. The van der Waals surface area contributed by atoms with Gasteiger partial charge in [-0.05, 0) is 30.2 Å². The van der Waals surface area contributed by atoms with Crippen LogP contribution < -0.4 is 4.74 Å². The van der Waals surface area contributed by atoms with Crippen molar-refractivity contribution in [3.05, 3.63) is 36.4 Å². The second-order valence-electron chi connectivity index (χ2n) is 2.94. The van der Waals surface area contributed by atoms with Gasteiger partial charge in [-0.3, -0.25) is 4.55 Å². The van der Waals surface area contributed by atoms with E-state index >= 15 is 0 Å². The van der Waals surface area contributed by atoms with Crippen molar-refractivity contribution in [1.29, 1.82) is 0 Å². The van der Waals surface area contributed by atoms with E-state index in [-0.39, 0.29) is 4.90 Å². The number of hydrogen-bond donors (Lipinski definition) is 1. The quantitative estimate of drug-likeness (QED) is 0.629. The van der Waals surface area contributed by atoms with Crippen LogP contribution in [0.5, 0.6) is 5.75 Å². The summed E-state index contributed by atoms with van der Waals surface area (Å²) in [6.07, 6.45) is 1.91. The lowest BCUT2D eigenvalue weighted by atomic mass is 10.1. The predicted octanol–water partition coefficient (Wildman–Crippen LogP) is 1.67. The number of allylic oxidation sites excluding steroid dienone is 1. The Balaban J connectivity index is 3.33. The molecule has 82 valence electrons. The molecule has 0 saturated carbocycles. The second kappa shape index (κ2) is 4.46. The molecule has 0 atom stereocenters. The summed E-state index contributed by atoms with van der Waals surface area (Å²) in [6, 6.07) is 4.35. The van der Waals surface area contributed by atoms with Crippen molar-refractivity contribution in [1.82, 2.24) is 0 Å². The Morgan fingerprint density at radius 1 is 1.53 bits per heavy atom. The minimum Gasteiger partial charge on any atom is -0.497 e. The zero-order valence-corrected chi connectivity index (χ0v) is 9.12. The van der Waals surface area contributed by atoms with Gasteiger partial charge >= 0.3 is 0 Å². The third-order valence-corrected chi connectivity index (χ3v) is 2.86. The third kappa shape index (κ3) is 2.81. The Labute approximate surface area is 88.9 Å². The fourth-order valence-corrected chi connectivity index (χ4v) is 1.96. The number of methoxy groups -OCH3 is 1. The molecular formula is C10H12O4S. The summed E-state index contributed by atoms with van der Waals surface area (Å²) in [5.74, 6) is 0.541. The van der Waals surface area contributed by atoms with Crippen molar-refractivity contribution in [3.8, 4) is 5.75 Å². The molecule has 0 aliphatic heterocycles. The average Bonchev–Trinajstić information content (AvgIpc) is 2.16. The molecule has 5 heteroatoms. The molecule has 0 radical (unpaired) electrons. The fraction of sp³-hybridized carbons (Fsp3) is 0.200. The van der Waals surface area contributed by atoms with Gasteiger partial charge in [-0.1, -0.05) is 6.08 Å². The van der Waals surface area contributed by atoms with Gasteiger partial charge in [-0.25, -0.2) is 0 Å². The molecule has 0 heterocycles. The third-order valence-electron chi connectivity index (χ3n) is 1.91. The van der Waals surface area contributed by atoms with Gasteiger partial charge in [0.2, 0.25) is 0 Å². The molecule has 15 heavy (non-hydrogen) atoms. The molecule has 0 unspecified atom stereocenters. The van der Waals surface area contributed by atoms with Crippen LogP contribution in [-0.4, -0.2) is 20.1 Å². The Hall–Kier alpha value is -1.33. The van der Waals surface area contributed by atoms with Crippen LogP contribution in [0.3, 0.4) is 0 Å². The molecule has 1 N–H and O–H groups in total. The minimum atomic E-state index is -4.18. The van der Waals surface area contributed by atoms with Gasteiger partial charge in [-0.15, -0.1) is 6.58 Å². The number of benzene rings is 1. The minimum absolute atomic E-state index is 0.108. The summed E-state index contributed by atoms with van der Waals surface area (Å²) in [7, 11) is -2.70. The van der Waals surface area contributed by atoms with E-state index < -0.39 is 10.1 Å². The first-order chi connectivity index (χ1) is 6.99. The lowest BCUT2D eigenvalue weighted by Gasteiger charge is -2.07. The first kappa shape index (κ1) is 11.7. The summed E-state index contributed by atoms with van der Waals surface area (Å²) < 4.78 is 35.9. The van der Waals surface area contributed by atoms with E-state index in [4.69, 9.17) is 9.29 Å². The lowest BCUT2D eigenvalue weighted by Crippen LogP contribution is -2.03. The SMILES string of the molecule is C=CCc1cc(OC)ccc1S(=O)(=O)O. The topological polar surface area (TPSA) is 63.6 Å². The van der Waals surface area contributed by atoms with E-state index in [2.05, 4.69) is 6.58 Å². The van der Waals surface area contributed by atoms with Gasteiger partial charge in [0.1, 0.15) is 5.75 Å². The van der Waals surface area contributed by atoms with E-state index in [1.54, 1.807) is 12.1 Å². The van der Waals surface area contributed by atoms with Crippen LogP contribution in [-0.2, 0) is 16.5 Å². The molecule has 0 saturated heterocycles. The molecule has 0 amide bonds. The maximum atomic E-state index is 11.0. The summed E-state index contributed by atoms with van der Waals surface area (Å²) in [6.45, 7) is 3.52. The van der Waals surface area contributed by atoms with Crippen molar-refractivity contribution in [3.63, 3.8) is 0 Å². The van der Waals surface area contributed by atoms with Gasteiger partial charge in [0.05, 0.1) is 12.0 Å². The molecule has 0 bridgehead atoms. The molecule has 0 spiro atoms. The van der Waals surface area contributed by atoms with Crippen molar-refractivity contribution in [2.45, 2.75) is 11.3 Å². The number of rotatable bonds is 4. The number of hydrogen-bond acceptors (Lipinski definition) is 3. The Morgan fingerprint density at radius 2 is 2.20 bits per heavy atom. The maximum absolute atomic E-state index is 11.0. The van der Waals surface area contributed by atoms with Crippen molar-refractivity contribution < 1.29 is 17.7 Å². The average molecular weight is 228 g/mol. The molecule has 0 aromatic heterocycles. The van der Waals surface area contributed by atoms with Gasteiger partial charge in [0, 0.05) is 0 Å². The maximum Gasteiger partial charge on any atom is 0.294 e. The second-order valence-corrected chi connectivity index (χ2v) is 4.33. The van der Waals surface area contributed by atoms with Gasteiger partial charge in [0.15, 0.2) is 0 Å². The van der Waals surface area contributed by atoms with Crippen LogP contribution in [0.1, 0.15) is 5.56 Å². The fourth-order valence-electron chi connectivity index (χ4n) is 1.25. The molecular weight excluding hydrogens is 216 g/mol. The molecule has 0 aliphatic carbocycles. The summed E-state index contributed by atoms with van der Waals surface area (Å²) in [5.41, 5.74) is 0.465. The van der Waals surface area contributed by atoms with Crippen LogP contribution in [0.25, 0.3) is 0 Å². The summed E-state index contributed by atoms with van der Waals surface area (Å²) >= 11 is 0. The Morgan fingerprint density at radius 3 is 2.67 bits per heavy atom. The smallest absolute Gasteiger partial charge is 0.294 e. The first-order valence-corrected chi connectivity index (χ1v) is 5.68. The highest BCUT2D eigenvalue weighted by Gasteiger charge is 2.14. The predicted molar refractivity (Wildman–Crippen MR) is 56.7 cm³/mol. The van der Waals surface area contributed by atoms with Crippen molar-refractivity contribution in [2.75, 3.05) is 7.11 Å². The molecule has 0 fully saturated rings. The van der Waals surface area contributed by atoms with Crippen LogP contribution in [0.15, 0.2) is 35.7 Å². The van der Waals surface area contributed by atoms with Crippen LogP contribution in [0.4, 0.5) is 0 Å². The number of ether oxygens (including phenoxy) is 1. The molecule has 4 nitrogen and oxygen atoms in total. The first-order valence-electron chi connectivity index (χ1n) is 4.24. The van der Waals surface area contributed by atoms with Crippen LogP contribution in [0, 0.1) is 0 Å². The van der Waals surface area contributed by atoms with E-state index in [1.165, 1.54) is 19.2 Å². The summed E-state index contributed by atoms with van der Waals surface area (Å²) in [5, 5.41) is 0. The monoisotopic (exact) mass is 228 g/mol. The standard InChI is InChI=1S/C10H12O4S/c1-3-4-8-7-9(14-2)5-6-10(8)15(11,12)13/h3,5-7H,1,4H2,2H3,(H,11,12,13). The molecule has 1 aromatic rings. The van der Waals surface area contributed by atoms with Gasteiger partial charge in [0.25, 0.3) is 10.1 Å². The van der Waals surface area contributed by atoms with E-state index in [0.717, 1.165) is 0 Å². The highest BCUT2D eigenvalue weighted by atomic mass is 32.2. The van der Waals surface area contributed by atoms with Crippen LogP contribution >= 0.6 is 0 Å². The Bertz CT molecular complexity index is 462. The largest absolute Gasteiger partial charge is 0.497 e. The van der Waals surface area contributed by atoms with Crippen molar-refractivity contribution >= 4 is 10.1 Å². The molecule has 1 rings (SSSR count). The van der Waals surface area contributed by atoms with E-state index in [1.807, 2.05) is 0 Å². The van der Waals surface area contributed by atoms with Gasteiger partial charge in [-0.2, -0.15) is 8.42 Å². The molecule has 0 aliphatic rings. The molecule has 1 aromatic carbocycles. The van der Waals surface area contributed by atoms with E-state index in [9.17, 15) is 8.42 Å². The zero-order chi connectivity index (χ0) is 11.5. The highest BCUT2D eigenvalue weighted by molar-refractivity contribution is 7.85. The van der Waals surface area contributed by atoms with E-state index in [0.29, 0.717) is 17.7 Å². The van der Waals surface area contributed by atoms with Crippen LogP contribution in [0.2, 0.25) is 0 Å². The highest BCUT2D eigenvalue weighted by Crippen LogP contribution is 2.22. The Kier molecular flexibility index (Phi) is 3.49. The van der Waals surface area contributed by atoms with Crippen molar-refractivity contribution in [2.24, 2.45) is 0 Å². The van der Waals surface area contributed by atoms with Gasteiger partial charge < -0.3 is 4.74 Å². The summed E-state index contributed by atoms with van der Waals surface area (Å²) in [4.78, 5) is -0.108. The zero-order valence-electron chi connectivity index (χ0n) is 8.30. The lowest BCUT2D eigenvalue weighted by molar-refractivity contribution is 0.413.